The monoisotopic (exact) mass is 423 g/mol. The van der Waals surface area contributed by atoms with Crippen molar-refractivity contribution in [2.45, 2.75) is 12.5 Å². The van der Waals surface area contributed by atoms with Gasteiger partial charge in [0, 0.05) is 38.6 Å². The van der Waals surface area contributed by atoms with Crippen LogP contribution in [-0.4, -0.2) is 71.0 Å². The third-order valence-corrected chi connectivity index (χ3v) is 5.51. The Hall–Kier alpha value is -3.23. The van der Waals surface area contributed by atoms with Gasteiger partial charge in [-0.3, -0.25) is 19.5 Å². The maximum atomic E-state index is 13.0. The van der Waals surface area contributed by atoms with Gasteiger partial charge in [0.15, 0.2) is 11.5 Å². The smallest absolute Gasteiger partial charge is 0.290 e. The number of ether oxygens (including phenoxy) is 1. The molecule has 0 spiro atoms. The molecule has 4 heterocycles. The second-order valence-corrected chi connectivity index (χ2v) is 7.46. The average Bonchev–Trinajstić information content (AvgIpc) is 3.41. The van der Waals surface area contributed by atoms with Gasteiger partial charge in [-0.1, -0.05) is 0 Å². The number of hydrogen-bond acceptors (Lipinski definition) is 7. The van der Waals surface area contributed by atoms with Crippen LogP contribution in [0.4, 0.5) is 0 Å². The molecular formula is C23H25N3O5. The number of allylic oxidation sites excluding steroid dienone is 1. The molecule has 8 nitrogen and oxygen atoms in total. The number of aliphatic hydroxyl groups excluding tert-OH is 1. The maximum Gasteiger partial charge on any atom is 0.290 e. The largest absolute Gasteiger partial charge is 0.503 e. The van der Waals surface area contributed by atoms with Crippen molar-refractivity contribution >= 4 is 17.8 Å². The zero-order valence-electron chi connectivity index (χ0n) is 17.1. The van der Waals surface area contributed by atoms with Crippen LogP contribution in [0.5, 0.6) is 0 Å². The normalized spacial score (nSPS) is 20.2. The summed E-state index contributed by atoms with van der Waals surface area (Å²) in [5.74, 6) is -0.943. The van der Waals surface area contributed by atoms with Crippen molar-refractivity contribution in [3.8, 4) is 0 Å². The quantitative estimate of drug-likeness (QED) is 0.651. The van der Waals surface area contributed by atoms with Gasteiger partial charge in [0.05, 0.1) is 31.1 Å². The van der Waals surface area contributed by atoms with Crippen molar-refractivity contribution in [2.75, 3.05) is 39.4 Å². The molecule has 2 aliphatic rings. The number of carbonyl (C=O) groups is 2. The summed E-state index contributed by atoms with van der Waals surface area (Å²) in [6, 6.07) is 6.30. The Labute approximate surface area is 180 Å². The number of carbonyl (C=O) groups excluding carboxylic acids is 2. The topological polar surface area (TPSA) is 96.1 Å². The lowest BCUT2D eigenvalue weighted by atomic mass is 9.96. The summed E-state index contributed by atoms with van der Waals surface area (Å²) in [6.07, 6.45) is 8.31. The Morgan fingerprint density at radius 2 is 1.97 bits per heavy atom. The van der Waals surface area contributed by atoms with Crippen LogP contribution in [0.1, 0.15) is 23.8 Å². The van der Waals surface area contributed by atoms with Gasteiger partial charge in [-0.05, 0) is 48.4 Å². The Morgan fingerprint density at radius 3 is 2.68 bits per heavy atom. The number of amides is 1. The van der Waals surface area contributed by atoms with Crippen LogP contribution in [0, 0.1) is 0 Å². The van der Waals surface area contributed by atoms with Gasteiger partial charge in [0.1, 0.15) is 5.76 Å². The number of nitrogens with zero attached hydrogens (tertiary/aromatic N) is 3. The molecule has 1 N–H and O–H groups in total. The summed E-state index contributed by atoms with van der Waals surface area (Å²) in [4.78, 5) is 33.8. The van der Waals surface area contributed by atoms with E-state index in [2.05, 4.69) is 9.88 Å². The Morgan fingerprint density at radius 1 is 1.19 bits per heavy atom. The number of rotatable bonds is 8. The fraction of sp³-hybridized carbons (Fsp3) is 0.348. The van der Waals surface area contributed by atoms with E-state index in [1.807, 2.05) is 0 Å². The van der Waals surface area contributed by atoms with Crippen LogP contribution in [0.15, 0.2) is 64.7 Å². The molecular weight excluding hydrogens is 398 g/mol. The minimum Gasteiger partial charge on any atom is -0.503 e. The minimum absolute atomic E-state index is 0.0744. The summed E-state index contributed by atoms with van der Waals surface area (Å²) >= 11 is 0. The third-order valence-electron chi connectivity index (χ3n) is 5.51. The summed E-state index contributed by atoms with van der Waals surface area (Å²) in [6.45, 7) is 4.40. The highest BCUT2D eigenvalue weighted by atomic mass is 16.5. The highest BCUT2D eigenvalue weighted by Crippen LogP contribution is 2.37. The Balaban J connectivity index is 1.54. The first-order chi connectivity index (χ1) is 15.1. The van der Waals surface area contributed by atoms with Crippen LogP contribution >= 0.6 is 0 Å². The maximum absolute atomic E-state index is 13.0. The fourth-order valence-corrected chi connectivity index (χ4v) is 3.95. The van der Waals surface area contributed by atoms with E-state index in [1.165, 1.54) is 18.4 Å². The number of pyridine rings is 1. The highest BCUT2D eigenvalue weighted by Gasteiger charge is 2.42. The molecule has 2 aromatic heterocycles. The van der Waals surface area contributed by atoms with E-state index in [-0.39, 0.29) is 5.57 Å². The number of furan rings is 1. The van der Waals surface area contributed by atoms with Crippen LogP contribution in [-0.2, 0) is 14.3 Å². The van der Waals surface area contributed by atoms with Gasteiger partial charge >= 0.3 is 0 Å². The molecule has 2 aromatic rings. The van der Waals surface area contributed by atoms with E-state index < -0.39 is 23.5 Å². The van der Waals surface area contributed by atoms with Crippen molar-refractivity contribution in [1.29, 1.82) is 0 Å². The fourth-order valence-electron chi connectivity index (χ4n) is 3.95. The lowest BCUT2D eigenvalue weighted by Crippen LogP contribution is -2.39. The van der Waals surface area contributed by atoms with Crippen molar-refractivity contribution in [2.24, 2.45) is 0 Å². The predicted octanol–water partition coefficient (Wildman–Crippen LogP) is 2.37. The van der Waals surface area contributed by atoms with Crippen molar-refractivity contribution in [1.82, 2.24) is 14.8 Å². The highest BCUT2D eigenvalue weighted by molar-refractivity contribution is 6.14. The van der Waals surface area contributed by atoms with Gasteiger partial charge < -0.3 is 19.2 Å². The van der Waals surface area contributed by atoms with E-state index in [0.29, 0.717) is 25.5 Å². The summed E-state index contributed by atoms with van der Waals surface area (Å²) in [5.41, 5.74) is 0.805. The van der Waals surface area contributed by atoms with Crippen LogP contribution in [0.25, 0.3) is 6.08 Å². The molecule has 0 bridgehead atoms. The molecule has 0 radical (unpaired) electrons. The van der Waals surface area contributed by atoms with Crippen molar-refractivity contribution < 1.29 is 23.8 Å². The van der Waals surface area contributed by atoms with E-state index in [1.54, 1.807) is 41.6 Å². The molecule has 31 heavy (non-hydrogen) atoms. The molecule has 1 atom stereocenters. The SMILES string of the molecule is O=C(/C=C/c1ccco1)C1=C(O)C(=O)N(CCCN2CCOCC2)[C@@H]1c1ccncc1. The van der Waals surface area contributed by atoms with E-state index >= 15 is 0 Å². The van der Waals surface area contributed by atoms with Gasteiger partial charge in [0.25, 0.3) is 5.91 Å². The molecule has 4 rings (SSSR count). The molecule has 0 aromatic carbocycles. The number of ketones is 1. The zero-order chi connectivity index (χ0) is 21.6. The molecule has 0 aliphatic carbocycles. The lowest BCUT2D eigenvalue weighted by Gasteiger charge is -2.29. The molecule has 1 amide bonds. The van der Waals surface area contributed by atoms with E-state index in [0.717, 1.165) is 31.6 Å². The van der Waals surface area contributed by atoms with Gasteiger partial charge in [0.2, 0.25) is 0 Å². The Bertz CT molecular complexity index is 962. The predicted molar refractivity (Wildman–Crippen MR) is 113 cm³/mol. The number of hydrogen-bond donors (Lipinski definition) is 1. The molecule has 1 fully saturated rings. The van der Waals surface area contributed by atoms with Gasteiger partial charge in [-0.25, -0.2) is 0 Å². The van der Waals surface area contributed by atoms with Crippen LogP contribution in [0.2, 0.25) is 0 Å². The summed E-state index contributed by atoms with van der Waals surface area (Å²) in [5, 5.41) is 10.6. The molecule has 2 aliphatic heterocycles. The number of aliphatic hydroxyl groups is 1. The van der Waals surface area contributed by atoms with Crippen molar-refractivity contribution in [3.05, 3.63) is 71.7 Å². The standard InChI is InChI=1S/C23H25N3O5/c27-19(5-4-18-3-1-14-31-18)20-21(17-6-8-24-9-7-17)26(23(29)22(20)28)11-2-10-25-12-15-30-16-13-25/h1,3-9,14,21,28H,2,10-13,15-16H2/b5-4+/t21-/m1/s1. The van der Waals surface area contributed by atoms with E-state index in [4.69, 9.17) is 9.15 Å². The van der Waals surface area contributed by atoms with Crippen LogP contribution < -0.4 is 0 Å². The first-order valence-corrected chi connectivity index (χ1v) is 10.3. The zero-order valence-corrected chi connectivity index (χ0v) is 17.1. The van der Waals surface area contributed by atoms with Gasteiger partial charge in [-0.2, -0.15) is 0 Å². The minimum atomic E-state index is -0.658. The van der Waals surface area contributed by atoms with E-state index in [9.17, 15) is 14.7 Å². The third kappa shape index (κ3) is 4.76. The second kappa shape index (κ2) is 9.72. The molecule has 1 saturated heterocycles. The van der Waals surface area contributed by atoms with Gasteiger partial charge in [-0.15, -0.1) is 0 Å². The first kappa shape index (κ1) is 21.0. The number of aromatic nitrogens is 1. The van der Waals surface area contributed by atoms with Crippen molar-refractivity contribution in [3.63, 3.8) is 0 Å². The summed E-state index contributed by atoms with van der Waals surface area (Å²) < 4.78 is 10.6. The second-order valence-electron chi connectivity index (χ2n) is 7.46. The first-order valence-electron chi connectivity index (χ1n) is 10.3. The van der Waals surface area contributed by atoms with Crippen LogP contribution in [0.3, 0.4) is 0 Å². The molecule has 8 heteroatoms. The lowest BCUT2D eigenvalue weighted by molar-refractivity contribution is -0.129. The molecule has 0 unspecified atom stereocenters. The molecule has 0 saturated carbocycles. The summed E-state index contributed by atoms with van der Waals surface area (Å²) in [7, 11) is 0. The number of morpholine rings is 1. The average molecular weight is 423 g/mol. The Kier molecular flexibility index (Phi) is 6.59. The molecule has 162 valence electrons.